The minimum absolute atomic E-state index is 0.318. The number of aromatic nitrogens is 3. The Hall–Kier alpha value is -0.850. The molecular weight excluding hydrogens is 336 g/mol. The zero-order valence-corrected chi connectivity index (χ0v) is 14.3. The van der Waals surface area contributed by atoms with Gasteiger partial charge in [-0.25, -0.2) is 0 Å². The zero-order chi connectivity index (χ0) is 14.5. The van der Waals surface area contributed by atoms with E-state index >= 15 is 0 Å². The van der Waals surface area contributed by atoms with Crippen molar-refractivity contribution in [3.63, 3.8) is 0 Å². The molecule has 0 bridgehead atoms. The first-order valence-corrected chi connectivity index (χ1v) is 8.27. The van der Waals surface area contributed by atoms with Crippen molar-refractivity contribution in [1.82, 2.24) is 20.1 Å². The molecule has 0 spiro atoms. The Balaban J connectivity index is 2.26. The van der Waals surface area contributed by atoms with Gasteiger partial charge in [-0.1, -0.05) is 28.9 Å². The Morgan fingerprint density at radius 1 is 1.45 bits per heavy atom. The van der Waals surface area contributed by atoms with Gasteiger partial charge in [0, 0.05) is 22.5 Å². The van der Waals surface area contributed by atoms with Crippen molar-refractivity contribution in [3.05, 3.63) is 34.6 Å². The molecule has 0 aliphatic carbocycles. The highest BCUT2D eigenvalue weighted by molar-refractivity contribution is 9.10. The molecule has 0 fully saturated rings. The first-order chi connectivity index (χ1) is 9.61. The Kier molecular flexibility index (Phi) is 5.63. The van der Waals surface area contributed by atoms with Crippen LogP contribution in [0.4, 0.5) is 0 Å². The predicted octanol–water partition coefficient (Wildman–Crippen LogP) is 3.79. The van der Waals surface area contributed by atoms with Crippen molar-refractivity contribution in [2.45, 2.75) is 36.4 Å². The van der Waals surface area contributed by atoms with Crippen LogP contribution >= 0.6 is 27.7 Å². The fourth-order valence-electron chi connectivity index (χ4n) is 1.89. The molecule has 2 rings (SSSR count). The molecule has 20 heavy (non-hydrogen) atoms. The SMILES string of the molecule is CCCNC(C)c1ccc(Br)cc1Sc1nncn1C. The number of hydrogen-bond donors (Lipinski definition) is 1. The molecule has 0 amide bonds. The lowest BCUT2D eigenvalue weighted by Gasteiger charge is -2.17. The fraction of sp³-hybridized carbons (Fsp3) is 0.429. The largest absolute Gasteiger partial charge is 0.311 e. The molecule has 1 aromatic carbocycles. The van der Waals surface area contributed by atoms with Crippen LogP contribution in [0.5, 0.6) is 0 Å². The molecule has 1 heterocycles. The van der Waals surface area contributed by atoms with Crippen LogP contribution in [-0.4, -0.2) is 21.3 Å². The standard InChI is InChI=1S/C14H19BrN4S/c1-4-7-16-10(2)12-6-5-11(15)8-13(12)20-14-18-17-9-19(14)3/h5-6,8-10,16H,4,7H2,1-3H3. The quantitative estimate of drug-likeness (QED) is 0.856. The van der Waals surface area contributed by atoms with E-state index in [0.29, 0.717) is 6.04 Å². The number of rotatable bonds is 6. The van der Waals surface area contributed by atoms with Crippen LogP contribution < -0.4 is 5.32 Å². The highest BCUT2D eigenvalue weighted by Crippen LogP contribution is 2.34. The van der Waals surface area contributed by atoms with Gasteiger partial charge in [-0.2, -0.15) is 0 Å². The van der Waals surface area contributed by atoms with Crippen molar-refractivity contribution >= 4 is 27.7 Å². The second kappa shape index (κ2) is 7.24. The number of nitrogens with one attached hydrogen (secondary N) is 1. The van der Waals surface area contributed by atoms with Crippen molar-refractivity contribution < 1.29 is 0 Å². The van der Waals surface area contributed by atoms with Gasteiger partial charge in [0.15, 0.2) is 5.16 Å². The Morgan fingerprint density at radius 3 is 2.90 bits per heavy atom. The van der Waals surface area contributed by atoms with Crippen molar-refractivity contribution in [3.8, 4) is 0 Å². The maximum absolute atomic E-state index is 4.14. The van der Waals surface area contributed by atoms with Gasteiger partial charge < -0.3 is 9.88 Å². The van der Waals surface area contributed by atoms with Gasteiger partial charge in [0.25, 0.3) is 0 Å². The lowest BCUT2D eigenvalue weighted by atomic mass is 10.1. The van der Waals surface area contributed by atoms with E-state index in [0.717, 1.165) is 22.6 Å². The molecule has 6 heteroatoms. The molecule has 1 aromatic heterocycles. The summed E-state index contributed by atoms with van der Waals surface area (Å²) in [5.41, 5.74) is 1.29. The van der Waals surface area contributed by atoms with Crippen molar-refractivity contribution in [2.24, 2.45) is 7.05 Å². The highest BCUT2D eigenvalue weighted by Gasteiger charge is 2.13. The molecule has 0 radical (unpaired) electrons. The van der Waals surface area contributed by atoms with Gasteiger partial charge in [-0.15, -0.1) is 10.2 Å². The lowest BCUT2D eigenvalue weighted by Crippen LogP contribution is -2.19. The van der Waals surface area contributed by atoms with E-state index in [1.807, 2.05) is 11.6 Å². The molecule has 1 atom stereocenters. The van der Waals surface area contributed by atoms with Crippen molar-refractivity contribution in [1.29, 1.82) is 0 Å². The zero-order valence-electron chi connectivity index (χ0n) is 11.9. The number of aryl methyl sites for hydroxylation is 1. The molecule has 0 saturated heterocycles. The molecule has 0 aliphatic rings. The molecule has 2 aromatic rings. The number of benzene rings is 1. The van der Waals surface area contributed by atoms with Gasteiger partial charge in [0.2, 0.25) is 0 Å². The fourth-order valence-corrected chi connectivity index (χ4v) is 3.43. The summed E-state index contributed by atoms with van der Waals surface area (Å²) in [6.45, 7) is 5.39. The van der Waals surface area contributed by atoms with Gasteiger partial charge in [-0.05, 0) is 49.3 Å². The summed E-state index contributed by atoms with van der Waals surface area (Å²) in [4.78, 5) is 1.20. The topological polar surface area (TPSA) is 42.7 Å². The summed E-state index contributed by atoms with van der Waals surface area (Å²) in [7, 11) is 1.96. The van der Waals surface area contributed by atoms with Crippen LogP contribution in [0.3, 0.4) is 0 Å². The molecule has 0 saturated carbocycles. The smallest absolute Gasteiger partial charge is 0.195 e. The summed E-state index contributed by atoms with van der Waals surface area (Å²) in [6.07, 6.45) is 2.85. The molecule has 1 N–H and O–H groups in total. The number of halogens is 1. The summed E-state index contributed by atoms with van der Waals surface area (Å²) in [6, 6.07) is 6.70. The summed E-state index contributed by atoms with van der Waals surface area (Å²) >= 11 is 5.19. The maximum atomic E-state index is 4.14. The minimum atomic E-state index is 0.318. The van der Waals surface area contributed by atoms with E-state index in [-0.39, 0.29) is 0 Å². The summed E-state index contributed by atoms with van der Waals surface area (Å²) < 4.78 is 3.01. The van der Waals surface area contributed by atoms with Crippen LogP contribution in [0.2, 0.25) is 0 Å². The van der Waals surface area contributed by atoms with E-state index in [2.05, 4.69) is 63.5 Å². The molecule has 1 unspecified atom stereocenters. The van der Waals surface area contributed by atoms with Crippen molar-refractivity contribution in [2.75, 3.05) is 6.54 Å². The van der Waals surface area contributed by atoms with Crippen LogP contribution in [0.15, 0.2) is 39.1 Å². The first kappa shape index (κ1) is 15.5. The van der Waals surface area contributed by atoms with Gasteiger partial charge >= 0.3 is 0 Å². The Labute approximate surface area is 132 Å². The van der Waals surface area contributed by atoms with E-state index in [9.17, 15) is 0 Å². The lowest BCUT2D eigenvalue weighted by molar-refractivity contribution is 0.563. The maximum Gasteiger partial charge on any atom is 0.195 e. The first-order valence-electron chi connectivity index (χ1n) is 6.66. The Morgan fingerprint density at radius 2 is 2.25 bits per heavy atom. The van der Waals surface area contributed by atoms with Crippen LogP contribution in [0.25, 0.3) is 0 Å². The average molecular weight is 355 g/mol. The van der Waals surface area contributed by atoms with Gasteiger partial charge in [0.1, 0.15) is 6.33 Å². The third-order valence-electron chi connectivity index (χ3n) is 3.01. The van der Waals surface area contributed by atoms with Crippen LogP contribution in [-0.2, 0) is 7.05 Å². The van der Waals surface area contributed by atoms with E-state index in [1.54, 1.807) is 18.1 Å². The second-order valence-corrected chi connectivity index (χ2v) is 6.61. The van der Waals surface area contributed by atoms with Gasteiger partial charge in [0.05, 0.1) is 0 Å². The molecule has 0 aliphatic heterocycles. The van der Waals surface area contributed by atoms with Crippen LogP contribution in [0.1, 0.15) is 31.9 Å². The normalized spacial score (nSPS) is 12.6. The summed E-state index contributed by atoms with van der Waals surface area (Å²) in [5.74, 6) is 0. The third kappa shape index (κ3) is 3.84. The van der Waals surface area contributed by atoms with Crippen LogP contribution in [0, 0.1) is 0 Å². The van der Waals surface area contributed by atoms with E-state index < -0.39 is 0 Å². The van der Waals surface area contributed by atoms with Gasteiger partial charge in [-0.3, -0.25) is 0 Å². The second-order valence-electron chi connectivity index (χ2n) is 4.68. The monoisotopic (exact) mass is 354 g/mol. The predicted molar refractivity (Wildman–Crippen MR) is 86.0 cm³/mol. The molecule has 108 valence electrons. The highest BCUT2D eigenvalue weighted by atomic mass is 79.9. The minimum Gasteiger partial charge on any atom is -0.311 e. The number of hydrogen-bond acceptors (Lipinski definition) is 4. The number of nitrogens with zero attached hydrogens (tertiary/aromatic N) is 3. The third-order valence-corrected chi connectivity index (χ3v) is 4.63. The molecular formula is C14H19BrN4S. The van der Waals surface area contributed by atoms with E-state index in [1.165, 1.54) is 10.5 Å². The average Bonchev–Trinajstić information content (AvgIpc) is 2.82. The molecule has 4 nitrogen and oxygen atoms in total. The Bertz CT molecular complexity index is 570. The summed E-state index contributed by atoms with van der Waals surface area (Å²) in [5, 5.41) is 12.5. The van der Waals surface area contributed by atoms with E-state index in [4.69, 9.17) is 0 Å².